The topological polar surface area (TPSA) is 67.4 Å². The summed E-state index contributed by atoms with van der Waals surface area (Å²) < 4.78 is 16.4. The average molecular weight is 556 g/mol. The number of methoxy groups -OCH3 is 3. The minimum Gasteiger partial charge on any atom is -0.493 e. The van der Waals surface area contributed by atoms with Crippen LogP contribution in [-0.2, 0) is 13.1 Å². The van der Waals surface area contributed by atoms with Crippen LogP contribution in [0.3, 0.4) is 0 Å². The fourth-order valence-electron chi connectivity index (χ4n) is 3.35. The smallest absolute Gasteiger partial charge is 0.203 e. The van der Waals surface area contributed by atoms with Gasteiger partial charge in [0.1, 0.15) is 0 Å². The molecule has 0 aromatic heterocycles. The van der Waals surface area contributed by atoms with E-state index in [1.165, 1.54) is 5.56 Å². The summed E-state index contributed by atoms with van der Waals surface area (Å²) >= 11 is 0. The van der Waals surface area contributed by atoms with E-state index in [9.17, 15) is 0 Å². The van der Waals surface area contributed by atoms with Gasteiger partial charge in [0.25, 0.3) is 0 Å². The van der Waals surface area contributed by atoms with Crippen LogP contribution in [0.4, 0.5) is 0 Å². The molecule has 2 aromatic carbocycles. The van der Waals surface area contributed by atoms with Crippen LogP contribution in [-0.4, -0.2) is 58.9 Å². The molecule has 0 bridgehead atoms. The van der Waals surface area contributed by atoms with Gasteiger partial charge < -0.3 is 24.8 Å². The highest BCUT2D eigenvalue weighted by molar-refractivity contribution is 14.0. The Bertz CT molecular complexity index is 833. The maximum absolute atomic E-state index is 5.55. The van der Waals surface area contributed by atoms with Crippen molar-refractivity contribution in [2.24, 2.45) is 4.99 Å². The molecular weight excluding hydrogens is 519 g/mol. The normalized spacial score (nSPS) is 12.0. The highest BCUT2D eigenvalue weighted by atomic mass is 127. The molecule has 2 aromatic rings. The molecule has 0 radical (unpaired) electrons. The van der Waals surface area contributed by atoms with Crippen LogP contribution in [0.15, 0.2) is 47.5 Å². The maximum Gasteiger partial charge on any atom is 0.203 e. The highest BCUT2D eigenvalue weighted by Gasteiger charge is 2.16. The molecule has 0 aliphatic carbocycles. The summed E-state index contributed by atoms with van der Waals surface area (Å²) in [4.78, 5) is 6.69. The SMILES string of the molecule is CN=C(NCCC(C)N(C)Cc1ccccc1)NCc1ccc(OC)c(OC)c1OC.I. The van der Waals surface area contributed by atoms with E-state index in [4.69, 9.17) is 14.2 Å². The maximum atomic E-state index is 5.55. The molecule has 1 atom stereocenters. The Hall–Kier alpha value is -2.20. The van der Waals surface area contributed by atoms with Gasteiger partial charge in [-0.3, -0.25) is 9.89 Å². The quantitative estimate of drug-likeness (QED) is 0.249. The summed E-state index contributed by atoms with van der Waals surface area (Å²) in [5.74, 6) is 2.62. The first-order chi connectivity index (χ1) is 15.0. The van der Waals surface area contributed by atoms with Crippen LogP contribution in [0.1, 0.15) is 24.5 Å². The Morgan fingerprint density at radius 2 is 1.66 bits per heavy atom. The third kappa shape index (κ3) is 8.05. The van der Waals surface area contributed by atoms with Crippen molar-refractivity contribution in [3.63, 3.8) is 0 Å². The fraction of sp³-hybridized carbons (Fsp3) is 0.458. The van der Waals surface area contributed by atoms with Crippen molar-refractivity contribution in [2.75, 3.05) is 42.0 Å². The van der Waals surface area contributed by atoms with Crippen LogP contribution in [0.5, 0.6) is 17.2 Å². The Kier molecular flexibility index (Phi) is 12.9. The first-order valence-electron chi connectivity index (χ1n) is 10.5. The highest BCUT2D eigenvalue weighted by Crippen LogP contribution is 2.39. The molecule has 0 spiro atoms. The van der Waals surface area contributed by atoms with E-state index in [1.807, 2.05) is 18.2 Å². The number of hydrogen-bond acceptors (Lipinski definition) is 5. The number of ether oxygens (including phenoxy) is 3. The lowest BCUT2D eigenvalue weighted by Gasteiger charge is -2.25. The molecule has 1 unspecified atom stereocenters. The van der Waals surface area contributed by atoms with E-state index in [0.717, 1.165) is 31.0 Å². The van der Waals surface area contributed by atoms with Gasteiger partial charge in [0.15, 0.2) is 17.5 Å². The van der Waals surface area contributed by atoms with Crippen LogP contribution in [0, 0.1) is 0 Å². The molecule has 7 nitrogen and oxygen atoms in total. The van der Waals surface area contributed by atoms with Crippen LogP contribution in [0.2, 0.25) is 0 Å². The molecule has 0 aliphatic heterocycles. The molecule has 2 N–H and O–H groups in total. The number of benzene rings is 2. The molecule has 178 valence electrons. The summed E-state index contributed by atoms with van der Waals surface area (Å²) in [5.41, 5.74) is 2.28. The standard InChI is InChI=1S/C24H36N4O3.HI/c1-18(28(3)17-19-10-8-7-9-11-19)14-15-26-24(25-2)27-16-20-12-13-21(29-4)23(31-6)22(20)30-5;/h7-13,18H,14-17H2,1-6H3,(H2,25,26,27);1H. The Labute approximate surface area is 209 Å². The van der Waals surface area contributed by atoms with Gasteiger partial charge in [-0.25, -0.2) is 0 Å². The van der Waals surface area contributed by atoms with E-state index < -0.39 is 0 Å². The molecule has 0 saturated carbocycles. The first-order valence-corrected chi connectivity index (χ1v) is 10.5. The van der Waals surface area contributed by atoms with E-state index in [1.54, 1.807) is 28.4 Å². The van der Waals surface area contributed by atoms with Crippen molar-refractivity contribution in [1.29, 1.82) is 0 Å². The van der Waals surface area contributed by atoms with Gasteiger partial charge in [0, 0.05) is 38.3 Å². The Morgan fingerprint density at radius 3 is 2.25 bits per heavy atom. The number of halogens is 1. The van der Waals surface area contributed by atoms with Crippen molar-refractivity contribution in [3.8, 4) is 17.2 Å². The predicted molar refractivity (Wildman–Crippen MR) is 142 cm³/mol. The van der Waals surface area contributed by atoms with Gasteiger partial charge >= 0.3 is 0 Å². The van der Waals surface area contributed by atoms with Gasteiger partial charge in [0.05, 0.1) is 21.3 Å². The molecule has 32 heavy (non-hydrogen) atoms. The van der Waals surface area contributed by atoms with Crippen molar-refractivity contribution >= 4 is 29.9 Å². The van der Waals surface area contributed by atoms with Gasteiger partial charge in [-0.1, -0.05) is 30.3 Å². The lowest BCUT2D eigenvalue weighted by atomic mass is 10.1. The molecule has 2 rings (SSSR count). The number of hydrogen-bond donors (Lipinski definition) is 2. The summed E-state index contributed by atoms with van der Waals surface area (Å²) in [6.07, 6.45) is 1.00. The zero-order chi connectivity index (χ0) is 22.6. The molecule has 0 fully saturated rings. The van der Waals surface area contributed by atoms with Crippen LogP contribution in [0.25, 0.3) is 0 Å². The summed E-state index contributed by atoms with van der Waals surface area (Å²) in [7, 11) is 8.77. The average Bonchev–Trinajstić information content (AvgIpc) is 2.80. The summed E-state index contributed by atoms with van der Waals surface area (Å²) in [5, 5.41) is 6.73. The minimum atomic E-state index is 0. The second kappa shape index (κ2) is 14.8. The van der Waals surface area contributed by atoms with Crippen LogP contribution >= 0.6 is 24.0 Å². The third-order valence-corrected chi connectivity index (χ3v) is 5.34. The Balaban J connectivity index is 0.00000512. The zero-order valence-electron chi connectivity index (χ0n) is 20.0. The molecular formula is C24H37IN4O3. The molecule has 0 amide bonds. The second-order valence-electron chi connectivity index (χ2n) is 7.38. The number of guanidine groups is 1. The zero-order valence-corrected chi connectivity index (χ0v) is 22.3. The molecule has 0 aliphatic rings. The van der Waals surface area contributed by atoms with Gasteiger partial charge in [-0.2, -0.15) is 0 Å². The van der Waals surface area contributed by atoms with Crippen molar-refractivity contribution in [3.05, 3.63) is 53.6 Å². The summed E-state index contributed by atoms with van der Waals surface area (Å²) in [6.45, 7) is 4.55. The van der Waals surface area contributed by atoms with Gasteiger partial charge in [0.2, 0.25) is 5.75 Å². The predicted octanol–water partition coefficient (Wildman–Crippen LogP) is 3.91. The number of rotatable bonds is 11. The third-order valence-electron chi connectivity index (χ3n) is 5.34. The van der Waals surface area contributed by atoms with E-state index in [0.29, 0.717) is 29.8 Å². The molecule has 0 saturated heterocycles. The van der Waals surface area contributed by atoms with E-state index >= 15 is 0 Å². The number of nitrogens with one attached hydrogen (secondary N) is 2. The molecule has 8 heteroatoms. The molecule has 0 heterocycles. The van der Waals surface area contributed by atoms with E-state index in [-0.39, 0.29) is 24.0 Å². The fourth-order valence-corrected chi connectivity index (χ4v) is 3.35. The lowest BCUT2D eigenvalue weighted by molar-refractivity contribution is 0.238. The monoisotopic (exact) mass is 556 g/mol. The van der Waals surface area contributed by atoms with Gasteiger partial charge in [-0.05, 0) is 38.1 Å². The Morgan fingerprint density at radius 1 is 0.969 bits per heavy atom. The lowest BCUT2D eigenvalue weighted by Crippen LogP contribution is -2.39. The van der Waals surface area contributed by atoms with Crippen LogP contribution < -0.4 is 24.8 Å². The second-order valence-corrected chi connectivity index (χ2v) is 7.38. The van der Waals surface area contributed by atoms with Crippen molar-refractivity contribution in [2.45, 2.75) is 32.5 Å². The number of nitrogens with zero attached hydrogens (tertiary/aromatic N) is 2. The number of aliphatic imine (C=N–C) groups is 1. The van der Waals surface area contributed by atoms with Gasteiger partial charge in [-0.15, -0.1) is 24.0 Å². The van der Waals surface area contributed by atoms with Crippen molar-refractivity contribution < 1.29 is 14.2 Å². The van der Waals surface area contributed by atoms with Crippen molar-refractivity contribution in [1.82, 2.24) is 15.5 Å². The van der Waals surface area contributed by atoms with E-state index in [2.05, 4.69) is 58.8 Å². The largest absolute Gasteiger partial charge is 0.493 e. The summed E-state index contributed by atoms with van der Waals surface area (Å²) in [6, 6.07) is 14.8. The minimum absolute atomic E-state index is 0. The first kappa shape index (κ1) is 27.8.